The van der Waals surface area contributed by atoms with E-state index in [9.17, 15) is 9.59 Å². The smallest absolute Gasteiger partial charge is 0.278 e. The van der Waals surface area contributed by atoms with Gasteiger partial charge in [-0.25, -0.2) is 0 Å². The molecule has 0 fully saturated rings. The maximum atomic E-state index is 12.9. The number of halogens is 1. The maximum Gasteiger partial charge on any atom is 0.278 e. The molecule has 0 saturated heterocycles. The predicted octanol–water partition coefficient (Wildman–Crippen LogP) is 3.95. The highest BCUT2D eigenvalue weighted by Gasteiger charge is 2.40. The number of hydrogen-bond acceptors (Lipinski definition) is 4. The third-order valence-electron chi connectivity index (χ3n) is 4.10. The molecule has 0 spiro atoms. The van der Waals surface area contributed by atoms with Crippen molar-refractivity contribution < 1.29 is 14.3 Å². The molecule has 2 aromatic carbocycles. The van der Waals surface area contributed by atoms with Gasteiger partial charge in [-0.05, 0) is 43.7 Å². The van der Waals surface area contributed by atoms with Crippen LogP contribution in [-0.2, 0) is 9.59 Å². The summed E-state index contributed by atoms with van der Waals surface area (Å²) in [7, 11) is 1.57. The molecular weight excluding hydrogens is 352 g/mol. The molecule has 1 aliphatic rings. The van der Waals surface area contributed by atoms with Gasteiger partial charge in [-0.15, -0.1) is 0 Å². The SMILES string of the molecule is COc1cccc(NC2=C(c3ccc(Cl)cc3)C(=O)N(C(C)C)C2=O)c1. The Morgan fingerprint density at radius 3 is 2.35 bits per heavy atom. The first-order valence-electron chi connectivity index (χ1n) is 8.21. The summed E-state index contributed by atoms with van der Waals surface area (Å²) in [6.45, 7) is 3.62. The summed E-state index contributed by atoms with van der Waals surface area (Å²) in [4.78, 5) is 27.1. The van der Waals surface area contributed by atoms with Crippen LogP contribution in [0, 0.1) is 0 Å². The van der Waals surface area contributed by atoms with E-state index in [4.69, 9.17) is 16.3 Å². The molecule has 0 aliphatic carbocycles. The van der Waals surface area contributed by atoms with Crippen LogP contribution in [0.1, 0.15) is 19.4 Å². The highest BCUT2D eigenvalue weighted by molar-refractivity contribution is 6.37. The molecule has 0 unspecified atom stereocenters. The molecule has 1 aliphatic heterocycles. The van der Waals surface area contributed by atoms with Gasteiger partial charge < -0.3 is 10.1 Å². The lowest BCUT2D eigenvalue weighted by atomic mass is 10.0. The number of carbonyl (C=O) groups is 2. The molecule has 2 amide bonds. The van der Waals surface area contributed by atoms with E-state index in [1.54, 1.807) is 37.4 Å². The maximum absolute atomic E-state index is 12.9. The number of methoxy groups -OCH3 is 1. The molecule has 3 rings (SSSR count). The number of nitrogens with one attached hydrogen (secondary N) is 1. The molecular formula is C20H19ClN2O3. The Hall–Kier alpha value is -2.79. The minimum absolute atomic E-state index is 0.248. The second-order valence-electron chi connectivity index (χ2n) is 6.19. The Morgan fingerprint density at radius 2 is 1.73 bits per heavy atom. The summed E-state index contributed by atoms with van der Waals surface area (Å²) in [5.41, 5.74) is 1.89. The molecule has 0 atom stereocenters. The largest absolute Gasteiger partial charge is 0.497 e. The van der Waals surface area contributed by atoms with Crippen LogP contribution >= 0.6 is 11.6 Å². The third kappa shape index (κ3) is 3.30. The van der Waals surface area contributed by atoms with Crippen LogP contribution in [0.15, 0.2) is 54.2 Å². The molecule has 1 N–H and O–H groups in total. The lowest BCUT2D eigenvalue weighted by molar-refractivity contribution is -0.138. The van der Waals surface area contributed by atoms with Crippen molar-refractivity contribution in [2.24, 2.45) is 0 Å². The topological polar surface area (TPSA) is 58.6 Å². The fraction of sp³-hybridized carbons (Fsp3) is 0.200. The molecule has 0 radical (unpaired) electrons. The molecule has 1 heterocycles. The Bertz CT molecular complexity index is 888. The number of nitrogens with zero attached hydrogens (tertiary/aromatic N) is 1. The zero-order valence-electron chi connectivity index (χ0n) is 14.7. The fourth-order valence-corrected chi connectivity index (χ4v) is 2.99. The summed E-state index contributed by atoms with van der Waals surface area (Å²) in [5, 5.41) is 3.66. The number of amides is 2. The van der Waals surface area contributed by atoms with Crippen LogP contribution in [0.5, 0.6) is 5.75 Å². The van der Waals surface area contributed by atoms with Crippen molar-refractivity contribution >= 4 is 34.7 Å². The summed E-state index contributed by atoms with van der Waals surface area (Å²) in [6.07, 6.45) is 0. The van der Waals surface area contributed by atoms with E-state index < -0.39 is 0 Å². The number of ether oxygens (including phenoxy) is 1. The molecule has 0 saturated carbocycles. The van der Waals surface area contributed by atoms with Crippen LogP contribution in [0.4, 0.5) is 5.69 Å². The van der Waals surface area contributed by atoms with Crippen molar-refractivity contribution in [3.05, 3.63) is 64.8 Å². The first-order valence-corrected chi connectivity index (χ1v) is 8.59. The monoisotopic (exact) mass is 370 g/mol. The quantitative estimate of drug-likeness (QED) is 0.809. The van der Waals surface area contributed by atoms with E-state index >= 15 is 0 Å². The van der Waals surface area contributed by atoms with Crippen molar-refractivity contribution in [1.29, 1.82) is 0 Å². The highest BCUT2D eigenvalue weighted by Crippen LogP contribution is 2.32. The van der Waals surface area contributed by atoms with Gasteiger partial charge in [0.1, 0.15) is 11.4 Å². The lowest BCUT2D eigenvalue weighted by Gasteiger charge is -2.19. The number of benzene rings is 2. The van der Waals surface area contributed by atoms with Gasteiger partial charge in [-0.2, -0.15) is 0 Å². The van der Waals surface area contributed by atoms with Gasteiger partial charge in [0.15, 0.2) is 0 Å². The van der Waals surface area contributed by atoms with E-state index in [0.717, 1.165) is 0 Å². The van der Waals surface area contributed by atoms with E-state index in [-0.39, 0.29) is 23.6 Å². The lowest BCUT2D eigenvalue weighted by Crippen LogP contribution is -2.38. The van der Waals surface area contributed by atoms with E-state index in [1.807, 2.05) is 32.0 Å². The summed E-state index contributed by atoms with van der Waals surface area (Å²) >= 11 is 5.95. The first-order chi connectivity index (χ1) is 12.4. The van der Waals surface area contributed by atoms with Crippen molar-refractivity contribution in [2.75, 3.05) is 12.4 Å². The van der Waals surface area contributed by atoms with Gasteiger partial charge in [0.25, 0.3) is 11.8 Å². The fourth-order valence-electron chi connectivity index (χ4n) is 2.86. The molecule has 26 heavy (non-hydrogen) atoms. The van der Waals surface area contributed by atoms with Gasteiger partial charge in [0, 0.05) is 22.8 Å². The minimum atomic E-state index is -0.349. The van der Waals surface area contributed by atoms with Crippen LogP contribution in [0.3, 0.4) is 0 Å². The van der Waals surface area contributed by atoms with Gasteiger partial charge in [-0.1, -0.05) is 29.8 Å². The normalized spacial score (nSPS) is 14.4. The minimum Gasteiger partial charge on any atom is -0.497 e. The summed E-state index contributed by atoms with van der Waals surface area (Å²) in [5.74, 6) is -0.0170. The van der Waals surface area contributed by atoms with Crippen molar-refractivity contribution in [3.63, 3.8) is 0 Å². The van der Waals surface area contributed by atoms with Crippen molar-refractivity contribution in [2.45, 2.75) is 19.9 Å². The van der Waals surface area contributed by atoms with E-state index in [1.165, 1.54) is 4.90 Å². The Kier molecular flexibility index (Phi) is 5.00. The van der Waals surface area contributed by atoms with Crippen LogP contribution in [0.2, 0.25) is 5.02 Å². The van der Waals surface area contributed by atoms with Crippen LogP contribution < -0.4 is 10.1 Å². The van der Waals surface area contributed by atoms with Gasteiger partial charge >= 0.3 is 0 Å². The van der Waals surface area contributed by atoms with Gasteiger partial charge in [0.05, 0.1) is 12.7 Å². The Labute approximate surface area is 157 Å². The molecule has 2 aromatic rings. The second-order valence-corrected chi connectivity index (χ2v) is 6.62. The number of imide groups is 1. The van der Waals surface area contributed by atoms with Crippen LogP contribution in [0.25, 0.3) is 5.57 Å². The van der Waals surface area contributed by atoms with Gasteiger partial charge in [0.2, 0.25) is 0 Å². The summed E-state index contributed by atoms with van der Waals surface area (Å²) < 4.78 is 5.22. The Morgan fingerprint density at radius 1 is 1.04 bits per heavy atom. The van der Waals surface area contributed by atoms with Crippen molar-refractivity contribution in [1.82, 2.24) is 4.90 Å². The van der Waals surface area contributed by atoms with Crippen molar-refractivity contribution in [3.8, 4) is 5.75 Å². The first kappa shape index (κ1) is 18.0. The van der Waals surface area contributed by atoms with Crippen LogP contribution in [-0.4, -0.2) is 29.9 Å². The third-order valence-corrected chi connectivity index (χ3v) is 4.36. The molecule has 6 heteroatoms. The number of rotatable bonds is 5. The van der Waals surface area contributed by atoms with Gasteiger partial charge in [-0.3, -0.25) is 14.5 Å². The molecule has 0 aromatic heterocycles. The second kappa shape index (κ2) is 7.22. The molecule has 0 bridgehead atoms. The molecule has 5 nitrogen and oxygen atoms in total. The molecule has 134 valence electrons. The standard InChI is InChI=1S/C20H19ClN2O3/c1-12(2)23-19(24)17(13-7-9-14(21)10-8-13)18(20(23)25)22-15-5-4-6-16(11-15)26-3/h4-12,22H,1-3H3. The average molecular weight is 371 g/mol. The zero-order valence-corrected chi connectivity index (χ0v) is 15.5. The average Bonchev–Trinajstić information content (AvgIpc) is 2.86. The summed E-state index contributed by atoms with van der Waals surface area (Å²) in [6, 6.07) is 13.8. The Balaban J connectivity index is 2.09. The number of hydrogen-bond donors (Lipinski definition) is 1. The number of carbonyl (C=O) groups excluding carboxylic acids is 2. The predicted molar refractivity (Wildman–Crippen MR) is 102 cm³/mol. The van der Waals surface area contributed by atoms with E-state index in [0.29, 0.717) is 27.6 Å². The highest BCUT2D eigenvalue weighted by atomic mass is 35.5. The number of anilines is 1. The van der Waals surface area contributed by atoms with E-state index in [2.05, 4.69) is 5.32 Å². The zero-order chi connectivity index (χ0) is 18.8.